The lowest BCUT2D eigenvalue weighted by Crippen LogP contribution is -2.13. The zero-order chi connectivity index (χ0) is 17.9. The normalized spacial score (nSPS) is 11.3. The number of rotatable bonds is 5. The van der Waals surface area contributed by atoms with Crippen LogP contribution in [0.2, 0.25) is 0 Å². The fourth-order valence-corrected chi connectivity index (χ4v) is 4.48. The highest BCUT2D eigenvalue weighted by Gasteiger charge is 2.16. The predicted molar refractivity (Wildman–Crippen MR) is 104 cm³/mol. The number of nitrogens with one attached hydrogen (secondary N) is 1. The maximum Gasteiger partial charge on any atom is 0.261 e. The molecule has 0 atom stereocenters. The van der Waals surface area contributed by atoms with Gasteiger partial charge in [-0.15, -0.1) is 0 Å². The molecule has 0 saturated carbocycles. The minimum atomic E-state index is -3.62. The first-order valence-electron chi connectivity index (χ1n) is 7.88. The summed E-state index contributed by atoms with van der Waals surface area (Å²) in [5.74, 6) is 0. The van der Waals surface area contributed by atoms with Crippen LogP contribution in [0.4, 0.5) is 5.69 Å². The third kappa shape index (κ3) is 4.24. The number of aryl methyl sites for hydroxylation is 2. The fourth-order valence-electron chi connectivity index (χ4n) is 2.35. The van der Waals surface area contributed by atoms with Crippen LogP contribution in [-0.2, 0) is 10.0 Å². The van der Waals surface area contributed by atoms with Gasteiger partial charge in [-0.3, -0.25) is 4.72 Å². The second-order valence-corrected chi connectivity index (χ2v) is 8.55. The third-order valence-electron chi connectivity index (χ3n) is 3.78. The minimum Gasteiger partial charge on any atom is -0.278 e. The molecule has 0 aliphatic rings. The van der Waals surface area contributed by atoms with Gasteiger partial charge in [0, 0.05) is 9.79 Å². The summed E-state index contributed by atoms with van der Waals surface area (Å²) in [6.45, 7) is 3.97. The second kappa shape index (κ2) is 7.33. The van der Waals surface area contributed by atoms with E-state index >= 15 is 0 Å². The fraction of sp³-hybridized carbons (Fsp3) is 0.100. The molecule has 0 amide bonds. The summed E-state index contributed by atoms with van der Waals surface area (Å²) in [5, 5.41) is 0. The van der Waals surface area contributed by atoms with Crippen LogP contribution < -0.4 is 4.72 Å². The lowest BCUT2D eigenvalue weighted by atomic mass is 10.2. The largest absolute Gasteiger partial charge is 0.278 e. The Morgan fingerprint density at radius 3 is 2.04 bits per heavy atom. The van der Waals surface area contributed by atoms with Crippen molar-refractivity contribution in [3.8, 4) is 0 Å². The Kier molecular flexibility index (Phi) is 5.16. The molecule has 0 fully saturated rings. The molecule has 0 aliphatic carbocycles. The van der Waals surface area contributed by atoms with Crippen LogP contribution in [0.3, 0.4) is 0 Å². The number of para-hydroxylation sites is 1. The van der Waals surface area contributed by atoms with Crippen LogP contribution in [0.5, 0.6) is 0 Å². The molecule has 0 aromatic heterocycles. The first kappa shape index (κ1) is 17.6. The highest BCUT2D eigenvalue weighted by molar-refractivity contribution is 7.99. The van der Waals surface area contributed by atoms with E-state index in [1.165, 1.54) is 0 Å². The molecular formula is C20H19NO2S2. The van der Waals surface area contributed by atoms with Crippen molar-refractivity contribution in [1.82, 2.24) is 0 Å². The van der Waals surface area contributed by atoms with E-state index in [0.717, 1.165) is 20.9 Å². The first-order valence-corrected chi connectivity index (χ1v) is 10.2. The lowest BCUT2D eigenvalue weighted by Gasteiger charge is -2.13. The number of anilines is 1. The molecule has 3 aromatic carbocycles. The molecule has 25 heavy (non-hydrogen) atoms. The van der Waals surface area contributed by atoms with Gasteiger partial charge in [0.05, 0.1) is 10.6 Å². The summed E-state index contributed by atoms with van der Waals surface area (Å²) in [5.41, 5.74) is 2.76. The van der Waals surface area contributed by atoms with Gasteiger partial charge in [0.2, 0.25) is 0 Å². The zero-order valence-electron chi connectivity index (χ0n) is 14.1. The molecular weight excluding hydrogens is 350 g/mol. The van der Waals surface area contributed by atoms with Crippen molar-refractivity contribution in [1.29, 1.82) is 0 Å². The van der Waals surface area contributed by atoms with E-state index in [9.17, 15) is 8.42 Å². The van der Waals surface area contributed by atoms with Gasteiger partial charge in [-0.1, -0.05) is 59.8 Å². The molecule has 128 valence electrons. The average Bonchev–Trinajstić information content (AvgIpc) is 2.59. The summed E-state index contributed by atoms with van der Waals surface area (Å²) in [4.78, 5) is 2.23. The van der Waals surface area contributed by atoms with Crippen LogP contribution in [0.25, 0.3) is 0 Å². The lowest BCUT2D eigenvalue weighted by molar-refractivity contribution is 0.601. The quantitative estimate of drug-likeness (QED) is 0.668. The average molecular weight is 370 g/mol. The van der Waals surface area contributed by atoms with E-state index in [-0.39, 0.29) is 4.90 Å². The van der Waals surface area contributed by atoms with Gasteiger partial charge in [0.1, 0.15) is 0 Å². The van der Waals surface area contributed by atoms with Crippen LogP contribution in [0, 0.1) is 13.8 Å². The molecule has 0 spiro atoms. The van der Waals surface area contributed by atoms with Crippen molar-refractivity contribution in [2.24, 2.45) is 0 Å². The molecule has 0 bridgehead atoms. The minimum absolute atomic E-state index is 0.258. The molecule has 3 aromatic rings. The Hall–Kier alpha value is -2.24. The Balaban J connectivity index is 1.91. The van der Waals surface area contributed by atoms with E-state index in [0.29, 0.717) is 5.69 Å². The molecule has 0 aliphatic heterocycles. The number of sulfonamides is 1. The third-order valence-corrected chi connectivity index (χ3v) is 6.41. The zero-order valence-corrected chi connectivity index (χ0v) is 15.7. The van der Waals surface area contributed by atoms with E-state index in [1.807, 2.05) is 56.3 Å². The summed E-state index contributed by atoms with van der Waals surface area (Å²) in [6, 6.07) is 22.3. The van der Waals surface area contributed by atoms with Crippen molar-refractivity contribution >= 4 is 27.5 Å². The van der Waals surface area contributed by atoms with Crippen LogP contribution in [0.15, 0.2) is 87.5 Å². The molecule has 1 N–H and O–H groups in total. The van der Waals surface area contributed by atoms with Crippen molar-refractivity contribution < 1.29 is 8.42 Å². The molecule has 5 heteroatoms. The summed E-state index contributed by atoms with van der Waals surface area (Å²) < 4.78 is 28.0. The van der Waals surface area contributed by atoms with E-state index in [2.05, 4.69) is 4.72 Å². The van der Waals surface area contributed by atoms with Gasteiger partial charge in [0.25, 0.3) is 10.0 Å². The molecule has 0 saturated heterocycles. The topological polar surface area (TPSA) is 46.2 Å². The monoisotopic (exact) mass is 369 g/mol. The SMILES string of the molecule is Cc1ccc(S(=O)(=O)Nc2ccccc2Sc2ccccc2C)cc1. The van der Waals surface area contributed by atoms with Gasteiger partial charge in [0.15, 0.2) is 0 Å². The maximum absolute atomic E-state index is 12.7. The molecule has 0 unspecified atom stereocenters. The maximum atomic E-state index is 12.7. The highest BCUT2D eigenvalue weighted by atomic mass is 32.2. The molecule has 3 rings (SSSR count). The van der Waals surface area contributed by atoms with Crippen molar-refractivity contribution in [3.05, 3.63) is 83.9 Å². The standard InChI is InChI=1S/C20H19NO2S2/c1-15-11-13-17(14-12-15)25(22,23)21-18-8-4-6-10-20(18)24-19-9-5-3-7-16(19)2/h3-14,21H,1-2H3. The van der Waals surface area contributed by atoms with Gasteiger partial charge >= 0.3 is 0 Å². The Morgan fingerprint density at radius 1 is 0.760 bits per heavy atom. The molecule has 0 radical (unpaired) electrons. The Bertz CT molecular complexity index is 981. The smallest absolute Gasteiger partial charge is 0.261 e. The van der Waals surface area contributed by atoms with Crippen LogP contribution in [0.1, 0.15) is 11.1 Å². The van der Waals surface area contributed by atoms with Crippen molar-refractivity contribution in [3.63, 3.8) is 0 Å². The predicted octanol–water partition coefficient (Wildman–Crippen LogP) is 5.26. The first-order chi connectivity index (χ1) is 12.0. The number of benzene rings is 3. The second-order valence-electron chi connectivity index (χ2n) is 5.78. The van der Waals surface area contributed by atoms with Crippen LogP contribution >= 0.6 is 11.8 Å². The van der Waals surface area contributed by atoms with Crippen LogP contribution in [-0.4, -0.2) is 8.42 Å². The summed E-state index contributed by atoms with van der Waals surface area (Å²) in [7, 11) is -3.62. The van der Waals surface area contributed by atoms with E-state index < -0.39 is 10.0 Å². The molecule has 0 heterocycles. The van der Waals surface area contributed by atoms with Gasteiger partial charge in [-0.05, 0) is 49.7 Å². The Labute approximate surface area is 153 Å². The summed E-state index contributed by atoms with van der Waals surface area (Å²) in [6.07, 6.45) is 0. The number of hydrogen-bond acceptors (Lipinski definition) is 3. The summed E-state index contributed by atoms with van der Waals surface area (Å²) >= 11 is 1.55. The highest BCUT2D eigenvalue weighted by Crippen LogP contribution is 2.35. The van der Waals surface area contributed by atoms with Gasteiger partial charge in [-0.2, -0.15) is 0 Å². The van der Waals surface area contributed by atoms with E-state index in [4.69, 9.17) is 0 Å². The number of hydrogen-bond donors (Lipinski definition) is 1. The van der Waals surface area contributed by atoms with Gasteiger partial charge in [-0.25, -0.2) is 8.42 Å². The van der Waals surface area contributed by atoms with Crippen molar-refractivity contribution in [2.45, 2.75) is 28.5 Å². The van der Waals surface area contributed by atoms with E-state index in [1.54, 1.807) is 42.1 Å². The van der Waals surface area contributed by atoms with Crippen molar-refractivity contribution in [2.75, 3.05) is 4.72 Å². The Morgan fingerprint density at radius 2 is 1.36 bits per heavy atom. The molecule has 3 nitrogen and oxygen atoms in total. The van der Waals surface area contributed by atoms with Gasteiger partial charge < -0.3 is 0 Å².